The van der Waals surface area contributed by atoms with Crippen LogP contribution in [0.15, 0.2) is 60.7 Å². The average molecular weight is 445 g/mol. The lowest BCUT2D eigenvalue weighted by atomic mass is 9.68. The summed E-state index contributed by atoms with van der Waals surface area (Å²) in [6.45, 7) is 2.95. The van der Waals surface area contributed by atoms with E-state index in [0.717, 1.165) is 29.4 Å². The lowest BCUT2D eigenvalue weighted by Gasteiger charge is -2.37. The molecule has 0 heterocycles. The van der Waals surface area contributed by atoms with Gasteiger partial charge >= 0.3 is 0 Å². The van der Waals surface area contributed by atoms with Crippen molar-refractivity contribution in [3.8, 4) is 5.75 Å². The fourth-order valence-corrected chi connectivity index (χ4v) is 6.10. The van der Waals surface area contributed by atoms with Gasteiger partial charge < -0.3 is 4.74 Å². The van der Waals surface area contributed by atoms with Crippen LogP contribution < -0.4 is 4.74 Å². The molecule has 0 atom stereocenters. The zero-order valence-corrected chi connectivity index (χ0v) is 20.8. The van der Waals surface area contributed by atoms with Crippen LogP contribution >= 0.6 is 0 Å². The quantitative estimate of drug-likeness (QED) is 0.331. The number of rotatable bonds is 10. The van der Waals surface area contributed by atoms with E-state index >= 15 is 0 Å². The minimum atomic E-state index is 0.625. The molecule has 0 bridgehead atoms. The Hall–Kier alpha value is -2.02. The SMILES string of the molecule is CCCCC[C@H]1CC[C@H]([C@H]2CC[C@H](C=Cc3ccc(OCc4ccccc4)cc3)CC2)CC1. The lowest BCUT2D eigenvalue weighted by Crippen LogP contribution is -2.25. The molecule has 0 spiro atoms. The van der Waals surface area contributed by atoms with E-state index in [1.807, 2.05) is 6.07 Å². The molecule has 2 aliphatic rings. The highest BCUT2D eigenvalue weighted by atomic mass is 16.5. The van der Waals surface area contributed by atoms with E-state index in [4.69, 9.17) is 4.74 Å². The molecule has 2 saturated carbocycles. The molecule has 0 unspecified atom stereocenters. The van der Waals surface area contributed by atoms with Crippen molar-refractivity contribution >= 4 is 6.08 Å². The summed E-state index contributed by atoms with van der Waals surface area (Å²) in [5.41, 5.74) is 2.49. The van der Waals surface area contributed by atoms with Crippen LogP contribution in [0.3, 0.4) is 0 Å². The first-order valence-corrected chi connectivity index (χ1v) is 13.7. The van der Waals surface area contributed by atoms with Gasteiger partial charge in [-0.2, -0.15) is 0 Å². The van der Waals surface area contributed by atoms with Gasteiger partial charge in [0.15, 0.2) is 0 Å². The van der Waals surface area contributed by atoms with Gasteiger partial charge in [-0.1, -0.05) is 100 Å². The molecule has 2 aliphatic carbocycles. The smallest absolute Gasteiger partial charge is 0.119 e. The van der Waals surface area contributed by atoms with Gasteiger partial charge in [-0.25, -0.2) is 0 Å². The summed E-state index contributed by atoms with van der Waals surface area (Å²) >= 11 is 0. The molecule has 0 N–H and O–H groups in total. The van der Waals surface area contributed by atoms with E-state index in [2.05, 4.69) is 67.6 Å². The van der Waals surface area contributed by atoms with Crippen molar-refractivity contribution in [2.24, 2.45) is 23.7 Å². The fraction of sp³-hybridized carbons (Fsp3) is 0.562. The Morgan fingerprint density at radius 3 is 2.09 bits per heavy atom. The second kappa shape index (κ2) is 13.0. The first kappa shape index (κ1) is 24.1. The highest BCUT2D eigenvalue weighted by Crippen LogP contribution is 2.42. The molecule has 1 heteroatoms. The fourth-order valence-electron chi connectivity index (χ4n) is 6.10. The Morgan fingerprint density at radius 2 is 1.42 bits per heavy atom. The third kappa shape index (κ3) is 7.76. The molecule has 0 saturated heterocycles. The lowest BCUT2D eigenvalue weighted by molar-refractivity contribution is 0.151. The van der Waals surface area contributed by atoms with Crippen LogP contribution in [-0.2, 0) is 6.61 Å². The number of hydrogen-bond donors (Lipinski definition) is 0. The molecule has 0 aromatic heterocycles. The van der Waals surface area contributed by atoms with Crippen molar-refractivity contribution in [2.45, 2.75) is 90.6 Å². The van der Waals surface area contributed by atoms with E-state index in [0.29, 0.717) is 6.61 Å². The van der Waals surface area contributed by atoms with E-state index in [9.17, 15) is 0 Å². The van der Waals surface area contributed by atoms with Crippen molar-refractivity contribution in [1.29, 1.82) is 0 Å². The predicted octanol–water partition coefficient (Wildman–Crippen LogP) is 9.47. The Balaban J connectivity index is 1.15. The maximum Gasteiger partial charge on any atom is 0.119 e. The number of allylic oxidation sites excluding steroid dienone is 1. The third-order valence-electron chi connectivity index (χ3n) is 8.28. The topological polar surface area (TPSA) is 9.23 Å². The summed E-state index contributed by atoms with van der Waals surface area (Å²) in [6.07, 6.45) is 22.3. The summed E-state index contributed by atoms with van der Waals surface area (Å²) in [6, 6.07) is 18.9. The molecular formula is C32H44O. The molecule has 1 nitrogen and oxygen atoms in total. The van der Waals surface area contributed by atoms with Gasteiger partial charge in [0.05, 0.1) is 0 Å². The van der Waals surface area contributed by atoms with Crippen LogP contribution in [0, 0.1) is 23.7 Å². The van der Waals surface area contributed by atoms with Crippen LogP contribution in [0.4, 0.5) is 0 Å². The van der Waals surface area contributed by atoms with Crippen molar-refractivity contribution in [2.75, 3.05) is 0 Å². The molecule has 2 aromatic carbocycles. The maximum absolute atomic E-state index is 5.92. The predicted molar refractivity (Wildman–Crippen MR) is 141 cm³/mol. The van der Waals surface area contributed by atoms with Gasteiger partial charge in [0.2, 0.25) is 0 Å². The molecule has 0 aliphatic heterocycles. The largest absolute Gasteiger partial charge is 0.489 e. The van der Waals surface area contributed by atoms with Crippen LogP contribution in [0.25, 0.3) is 6.08 Å². The van der Waals surface area contributed by atoms with Gasteiger partial charge in [-0.3, -0.25) is 0 Å². The molecule has 4 rings (SSSR count). The third-order valence-corrected chi connectivity index (χ3v) is 8.28. The van der Waals surface area contributed by atoms with Gasteiger partial charge in [-0.15, -0.1) is 0 Å². The van der Waals surface area contributed by atoms with Gasteiger partial charge in [0.25, 0.3) is 0 Å². The Kier molecular flexibility index (Phi) is 9.51. The second-order valence-electron chi connectivity index (χ2n) is 10.7. The maximum atomic E-state index is 5.92. The number of hydrogen-bond acceptors (Lipinski definition) is 1. The molecule has 0 amide bonds. The zero-order chi connectivity index (χ0) is 22.7. The summed E-state index contributed by atoms with van der Waals surface area (Å²) < 4.78 is 5.92. The molecule has 0 radical (unpaired) electrons. The molecule has 178 valence electrons. The van der Waals surface area contributed by atoms with Gasteiger partial charge in [0, 0.05) is 0 Å². The average Bonchev–Trinajstić information content (AvgIpc) is 2.88. The van der Waals surface area contributed by atoms with Crippen LogP contribution in [0.2, 0.25) is 0 Å². The van der Waals surface area contributed by atoms with Gasteiger partial charge in [0.1, 0.15) is 12.4 Å². The number of unbranched alkanes of at least 4 members (excludes halogenated alkanes) is 2. The first-order valence-electron chi connectivity index (χ1n) is 13.7. The molecule has 33 heavy (non-hydrogen) atoms. The minimum Gasteiger partial charge on any atom is -0.489 e. The van der Waals surface area contributed by atoms with Crippen molar-refractivity contribution in [1.82, 2.24) is 0 Å². The molecular weight excluding hydrogens is 400 g/mol. The Bertz CT molecular complexity index is 805. The van der Waals surface area contributed by atoms with Crippen molar-refractivity contribution in [3.05, 3.63) is 71.8 Å². The summed E-state index contributed by atoms with van der Waals surface area (Å²) in [5, 5.41) is 0. The summed E-state index contributed by atoms with van der Waals surface area (Å²) in [4.78, 5) is 0. The van der Waals surface area contributed by atoms with Gasteiger partial charge in [-0.05, 0) is 85.5 Å². The standard InChI is InChI=1S/C32H44O/c1-2-3-5-8-26-13-19-30(20-14-26)31-21-15-27(16-22-31)11-12-28-17-23-32(24-18-28)33-25-29-9-6-4-7-10-29/h4,6-7,9-12,17-18,23-24,26-27,30-31H,2-3,5,8,13-16,19-22,25H2,1H3/t26-,27-,30-,31-. The number of benzene rings is 2. The summed E-state index contributed by atoms with van der Waals surface area (Å²) in [5.74, 6) is 4.78. The second-order valence-corrected chi connectivity index (χ2v) is 10.7. The zero-order valence-electron chi connectivity index (χ0n) is 20.8. The first-order chi connectivity index (χ1) is 16.3. The Morgan fingerprint density at radius 1 is 0.758 bits per heavy atom. The molecule has 2 fully saturated rings. The van der Waals surface area contributed by atoms with E-state index in [-0.39, 0.29) is 0 Å². The summed E-state index contributed by atoms with van der Waals surface area (Å²) in [7, 11) is 0. The minimum absolute atomic E-state index is 0.625. The highest BCUT2D eigenvalue weighted by Gasteiger charge is 2.30. The van der Waals surface area contributed by atoms with E-state index < -0.39 is 0 Å². The van der Waals surface area contributed by atoms with Crippen LogP contribution in [-0.4, -0.2) is 0 Å². The van der Waals surface area contributed by atoms with Crippen LogP contribution in [0.1, 0.15) is 95.1 Å². The van der Waals surface area contributed by atoms with E-state index in [1.165, 1.54) is 88.2 Å². The van der Waals surface area contributed by atoms with Crippen molar-refractivity contribution in [3.63, 3.8) is 0 Å². The van der Waals surface area contributed by atoms with E-state index in [1.54, 1.807) is 0 Å². The monoisotopic (exact) mass is 444 g/mol. The highest BCUT2D eigenvalue weighted by molar-refractivity contribution is 5.50. The molecule has 2 aromatic rings. The normalized spacial score (nSPS) is 25.8. The Labute approximate surface area is 202 Å². The van der Waals surface area contributed by atoms with Crippen LogP contribution in [0.5, 0.6) is 5.75 Å². The number of ether oxygens (including phenoxy) is 1. The van der Waals surface area contributed by atoms with Crippen molar-refractivity contribution < 1.29 is 4.74 Å².